The second kappa shape index (κ2) is 8.53. The summed E-state index contributed by atoms with van der Waals surface area (Å²) in [5.74, 6) is 2.38. The Bertz CT molecular complexity index is 1390. The van der Waals surface area contributed by atoms with Crippen molar-refractivity contribution in [2.45, 2.75) is 38.3 Å². The van der Waals surface area contributed by atoms with Crippen molar-refractivity contribution in [2.24, 2.45) is 5.92 Å². The molecule has 0 amide bonds. The van der Waals surface area contributed by atoms with E-state index in [1.165, 1.54) is 17.4 Å². The van der Waals surface area contributed by atoms with Gasteiger partial charge < -0.3 is 14.6 Å². The Balaban J connectivity index is 1.42. The van der Waals surface area contributed by atoms with Gasteiger partial charge >= 0.3 is 0 Å². The van der Waals surface area contributed by atoms with E-state index < -0.39 is 9.84 Å². The summed E-state index contributed by atoms with van der Waals surface area (Å²) in [5, 5.41) is 17.2. The molecule has 34 heavy (non-hydrogen) atoms. The Kier molecular flexibility index (Phi) is 5.66. The topological polar surface area (TPSA) is 118 Å². The van der Waals surface area contributed by atoms with Crippen molar-refractivity contribution in [3.8, 4) is 34.7 Å². The summed E-state index contributed by atoms with van der Waals surface area (Å²) < 4.78 is 34.3. The van der Waals surface area contributed by atoms with Gasteiger partial charge in [0.1, 0.15) is 21.7 Å². The van der Waals surface area contributed by atoms with Crippen molar-refractivity contribution < 1.29 is 17.7 Å². The van der Waals surface area contributed by atoms with E-state index >= 15 is 0 Å². The second-order valence-corrected chi connectivity index (χ2v) is 11.5. The number of sulfone groups is 1. The minimum Gasteiger partial charge on any atom is -0.490 e. The molecule has 1 aromatic heterocycles. The lowest BCUT2D eigenvalue weighted by Gasteiger charge is -2.17. The zero-order chi connectivity index (χ0) is 24.0. The molecule has 1 N–H and O–H groups in total. The fourth-order valence-electron chi connectivity index (χ4n) is 4.83. The lowest BCUT2D eigenvalue weighted by atomic mass is 9.97. The van der Waals surface area contributed by atoms with E-state index in [9.17, 15) is 13.7 Å². The predicted molar refractivity (Wildman–Crippen MR) is 127 cm³/mol. The van der Waals surface area contributed by atoms with Crippen molar-refractivity contribution in [3.63, 3.8) is 0 Å². The SMILES string of the molecule is CC(C)Oc1ccc(-c2nc(-c3cccc4c3C3CC3C4NCCS(C)(=O)=O)no2)cc1C#N. The molecule has 5 rings (SSSR count). The second-order valence-electron chi connectivity index (χ2n) is 9.29. The number of hydrogen-bond donors (Lipinski definition) is 1. The van der Waals surface area contributed by atoms with E-state index in [-0.39, 0.29) is 17.9 Å². The van der Waals surface area contributed by atoms with Gasteiger partial charge in [0, 0.05) is 30.0 Å². The van der Waals surface area contributed by atoms with Crippen molar-refractivity contribution in [3.05, 3.63) is 53.1 Å². The van der Waals surface area contributed by atoms with Gasteiger partial charge in [-0.05, 0) is 61.4 Å². The summed E-state index contributed by atoms with van der Waals surface area (Å²) in [7, 11) is -3.01. The minimum atomic E-state index is -3.01. The molecule has 1 saturated carbocycles. The van der Waals surface area contributed by atoms with Gasteiger partial charge in [-0.25, -0.2) is 8.42 Å². The molecule has 0 aliphatic heterocycles. The first-order valence-corrected chi connectivity index (χ1v) is 13.4. The van der Waals surface area contributed by atoms with E-state index in [1.54, 1.807) is 12.1 Å². The van der Waals surface area contributed by atoms with Gasteiger partial charge in [-0.1, -0.05) is 23.4 Å². The molecule has 0 radical (unpaired) electrons. The van der Waals surface area contributed by atoms with Gasteiger partial charge in [0.05, 0.1) is 17.4 Å². The Labute approximate surface area is 198 Å². The number of rotatable bonds is 8. The number of nitrogens with one attached hydrogen (secondary N) is 1. The van der Waals surface area contributed by atoms with Crippen LogP contribution in [0.2, 0.25) is 0 Å². The van der Waals surface area contributed by atoms with E-state index in [2.05, 4.69) is 27.6 Å². The summed E-state index contributed by atoms with van der Waals surface area (Å²) in [6.07, 6.45) is 2.28. The quantitative estimate of drug-likeness (QED) is 0.519. The molecule has 9 heteroatoms. The molecule has 3 aromatic rings. The number of nitriles is 1. The summed E-state index contributed by atoms with van der Waals surface area (Å²) >= 11 is 0. The van der Waals surface area contributed by atoms with Crippen molar-refractivity contribution in [2.75, 3.05) is 18.6 Å². The fraction of sp³-hybridized carbons (Fsp3) is 0.400. The molecule has 3 unspecified atom stereocenters. The number of fused-ring (bicyclic) bond motifs is 3. The van der Waals surface area contributed by atoms with Crippen molar-refractivity contribution in [1.82, 2.24) is 15.5 Å². The third kappa shape index (κ3) is 4.31. The molecule has 1 fully saturated rings. The summed E-state index contributed by atoms with van der Waals surface area (Å²) in [4.78, 5) is 4.64. The van der Waals surface area contributed by atoms with E-state index in [1.807, 2.05) is 32.0 Å². The van der Waals surface area contributed by atoms with Crippen LogP contribution < -0.4 is 10.1 Å². The molecule has 0 saturated heterocycles. The van der Waals surface area contributed by atoms with E-state index in [0.29, 0.717) is 47.0 Å². The molecule has 0 bridgehead atoms. The van der Waals surface area contributed by atoms with Gasteiger partial charge in [-0.15, -0.1) is 0 Å². The Morgan fingerprint density at radius 1 is 1.29 bits per heavy atom. The Morgan fingerprint density at radius 2 is 2.12 bits per heavy atom. The summed E-state index contributed by atoms with van der Waals surface area (Å²) in [6, 6.07) is 13.6. The van der Waals surface area contributed by atoms with Gasteiger partial charge in [0.15, 0.2) is 0 Å². The van der Waals surface area contributed by atoms with Crippen LogP contribution in [0.15, 0.2) is 40.9 Å². The highest BCUT2D eigenvalue weighted by Crippen LogP contribution is 2.63. The van der Waals surface area contributed by atoms with Crippen LogP contribution in [-0.4, -0.2) is 43.2 Å². The Morgan fingerprint density at radius 3 is 2.85 bits per heavy atom. The number of benzene rings is 2. The molecule has 2 aliphatic carbocycles. The standard InChI is InChI=1S/C25H26N4O4S/c1-14(2)32-21-8-7-15(11-16(21)13-26)25-28-24(29-33-25)18-6-4-5-17-22(18)19-12-20(19)23(17)27-9-10-34(3,30)31/h4-8,11,14,19-20,23,27H,9-10,12H2,1-3H3. The van der Waals surface area contributed by atoms with Crippen LogP contribution in [0.1, 0.15) is 48.9 Å². The number of nitrogens with zero attached hydrogens (tertiary/aromatic N) is 3. The molecule has 2 aromatic carbocycles. The summed E-state index contributed by atoms with van der Waals surface area (Å²) in [5.41, 5.74) is 4.40. The van der Waals surface area contributed by atoms with Crippen LogP contribution in [-0.2, 0) is 9.84 Å². The van der Waals surface area contributed by atoms with Gasteiger partial charge in [0.2, 0.25) is 5.82 Å². The third-order valence-corrected chi connectivity index (χ3v) is 7.27. The van der Waals surface area contributed by atoms with E-state index in [4.69, 9.17) is 9.26 Å². The molecule has 8 nitrogen and oxygen atoms in total. The van der Waals surface area contributed by atoms with Crippen molar-refractivity contribution >= 4 is 9.84 Å². The molecule has 176 valence electrons. The molecular formula is C25H26N4O4S. The first-order chi connectivity index (χ1) is 16.2. The monoisotopic (exact) mass is 478 g/mol. The normalized spacial score (nSPS) is 20.6. The van der Waals surface area contributed by atoms with Crippen LogP contribution >= 0.6 is 0 Å². The van der Waals surface area contributed by atoms with Crippen LogP contribution in [0.5, 0.6) is 5.75 Å². The average molecular weight is 479 g/mol. The van der Waals surface area contributed by atoms with Crippen LogP contribution in [0.3, 0.4) is 0 Å². The van der Waals surface area contributed by atoms with Gasteiger partial charge in [-0.3, -0.25) is 0 Å². The largest absolute Gasteiger partial charge is 0.490 e. The van der Waals surface area contributed by atoms with E-state index in [0.717, 1.165) is 12.0 Å². The molecule has 1 heterocycles. The lowest BCUT2D eigenvalue weighted by molar-refractivity contribution is 0.241. The smallest absolute Gasteiger partial charge is 0.258 e. The molecule has 3 atom stereocenters. The third-order valence-electron chi connectivity index (χ3n) is 6.33. The van der Waals surface area contributed by atoms with Gasteiger partial charge in [0.25, 0.3) is 5.89 Å². The molecular weight excluding hydrogens is 452 g/mol. The highest BCUT2D eigenvalue weighted by atomic mass is 32.2. The predicted octanol–water partition coefficient (Wildman–Crippen LogP) is 3.85. The lowest BCUT2D eigenvalue weighted by Crippen LogP contribution is -2.27. The average Bonchev–Trinajstić information content (AvgIpc) is 3.28. The van der Waals surface area contributed by atoms with Crippen molar-refractivity contribution in [1.29, 1.82) is 5.26 Å². The van der Waals surface area contributed by atoms with Crippen LogP contribution in [0.25, 0.3) is 22.8 Å². The first-order valence-electron chi connectivity index (χ1n) is 11.3. The zero-order valence-corrected chi connectivity index (χ0v) is 20.1. The summed E-state index contributed by atoms with van der Waals surface area (Å²) in [6.45, 7) is 4.25. The van der Waals surface area contributed by atoms with Gasteiger partial charge in [-0.2, -0.15) is 10.2 Å². The molecule has 2 aliphatic rings. The maximum atomic E-state index is 11.5. The number of hydrogen-bond acceptors (Lipinski definition) is 8. The van der Waals surface area contributed by atoms with Crippen LogP contribution in [0.4, 0.5) is 0 Å². The highest BCUT2D eigenvalue weighted by molar-refractivity contribution is 7.90. The first kappa shape index (κ1) is 22.6. The number of aromatic nitrogens is 2. The highest BCUT2D eigenvalue weighted by Gasteiger charge is 2.53. The maximum Gasteiger partial charge on any atom is 0.258 e. The van der Waals surface area contributed by atoms with Crippen LogP contribution in [0, 0.1) is 17.2 Å². The fourth-order valence-corrected chi connectivity index (χ4v) is 5.32. The number of ether oxygens (including phenoxy) is 1. The minimum absolute atomic E-state index is 0.0379. The zero-order valence-electron chi connectivity index (χ0n) is 19.3. The molecule has 0 spiro atoms. The maximum absolute atomic E-state index is 11.5. The Hall–Kier alpha value is -3.22.